The molecule has 0 fully saturated rings. The van der Waals surface area contributed by atoms with E-state index in [2.05, 4.69) is 4.98 Å². The molecule has 0 unspecified atom stereocenters. The van der Waals surface area contributed by atoms with Gasteiger partial charge in [0.2, 0.25) is 0 Å². The van der Waals surface area contributed by atoms with Gasteiger partial charge < -0.3 is 10.2 Å². The van der Waals surface area contributed by atoms with E-state index in [9.17, 15) is 19.8 Å². The molecule has 0 saturated carbocycles. The first-order valence-corrected chi connectivity index (χ1v) is 7.36. The Bertz CT molecular complexity index is 921. The molecule has 0 aliphatic heterocycles. The molecular formula is C19H15NO4. The summed E-state index contributed by atoms with van der Waals surface area (Å²) >= 11 is 0. The van der Waals surface area contributed by atoms with Crippen molar-refractivity contribution in [3.8, 4) is 11.3 Å². The number of rotatable bonds is 4. The SMILES string of the molecule is CC(C(=O)O)(C(=O)O)c1ccc2nc(-c3ccccc3)ccc2c1. The van der Waals surface area contributed by atoms with E-state index >= 15 is 0 Å². The molecule has 0 aliphatic rings. The molecular weight excluding hydrogens is 306 g/mol. The molecule has 120 valence electrons. The predicted octanol–water partition coefficient (Wildman–Crippen LogP) is 3.33. The van der Waals surface area contributed by atoms with Crippen LogP contribution in [0.5, 0.6) is 0 Å². The third-order valence-electron chi connectivity index (χ3n) is 4.19. The zero-order valence-corrected chi connectivity index (χ0v) is 12.9. The lowest BCUT2D eigenvalue weighted by Crippen LogP contribution is -2.40. The molecule has 2 aromatic carbocycles. The van der Waals surface area contributed by atoms with Crippen LogP contribution in [0.15, 0.2) is 60.7 Å². The quantitative estimate of drug-likeness (QED) is 0.720. The number of aromatic nitrogens is 1. The third kappa shape index (κ3) is 2.50. The van der Waals surface area contributed by atoms with Gasteiger partial charge in [0.1, 0.15) is 0 Å². The molecule has 3 aromatic rings. The Morgan fingerprint density at radius 3 is 2.21 bits per heavy atom. The van der Waals surface area contributed by atoms with Gasteiger partial charge in [0.15, 0.2) is 5.41 Å². The number of hydrogen-bond acceptors (Lipinski definition) is 3. The molecule has 5 heteroatoms. The van der Waals surface area contributed by atoms with Crippen molar-refractivity contribution in [2.75, 3.05) is 0 Å². The molecule has 0 aliphatic carbocycles. The first-order chi connectivity index (χ1) is 11.4. The fraction of sp³-hybridized carbons (Fsp3) is 0.105. The second-order valence-electron chi connectivity index (χ2n) is 5.71. The maximum atomic E-state index is 11.4. The van der Waals surface area contributed by atoms with Crippen molar-refractivity contribution >= 4 is 22.8 Å². The number of nitrogens with zero attached hydrogens (tertiary/aromatic N) is 1. The number of carbonyl (C=O) groups is 2. The Hall–Kier alpha value is -3.21. The highest BCUT2D eigenvalue weighted by molar-refractivity contribution is 6.05. The van der Waals surface area contributed by atoms with Crippen molar-refractivity contribution in [3.05, 3.63) is 66.2 Å². The highest BCUT2D eigenvalue weighted by Gasteiger charge is 2.43. The van der Waals surface area contributed by atoms with Crippen LogP contribution in [0.25, 0.3) is 22.2 Å². The highest BCUT2D eigenvalue weighted by Crippen LogP contribution is 2.29. The van der Waals surface area contributed by atoms with Crippen LogP contribution in [-0.2, 0) is 15.0 Å². The summed E-state index contributed by atoms with van der Waals surface area (Å²) < 4.78 is 0. The van der Waals surface area contributed by atoms with E-state index in [0.29, 0.717) is 10.9 Å². The van der Waals surface area contributed by atoms with E-state index in [-0.39, 0.29) is 5.56 Å². The van der Waals surface area contributed by atoms with Crippen LogP contribution in [0.1, 0.15) is 12.5 Å². The van der Waals surface area contributed by atoms with Crippen molar-refractivity contribution in [2.45, 2.75) is 12.3 Å². The van der Waals surface area contributed by atoms with Crippen molar-refractivity contribution in [1.29, 1.82) is 0 Å². The second kappa shape index (κ2) is 5.77. The number of benzene rings is 2. The van der Waals surface area contributed by atoms with Gasteiger partial charge in [0, 0.05) is 10.9 Å². The molecule has 1 heterocycles. The number of carboxylic acid groups (broad SMARTS) is 2. The predicted molar refractivity (Wildman–Crippen MR) is 89.8 cm³/mol. The number of pyridine rings is 1. The first-order valence-electron chi connectivity index (χ1n) is 7.36. The summed E-state index contributed by atoms with van der Waals surface area (Å²) in [6.45, 7) is 1.19. The summed E-state index contributed by atoms with van der Waals surface area (Å²) in [4.78, 5) is 27.4. The van der Waals surface area contributed by atoms with Crippen LogP contribution in [0.3, 0.4) is 0 Å². The van der Waals surface area contributed by atoms with Crippen molar-refractivity contribution in [1.82, 2.24) is 4.98 Å². The summed E-state index contributed by atoms with van der Waals surface area (Å²) in [6.07, 6.45) is 0. The summed E-state index contributed by atoms with van der Waals surface area (Å²) in [5, 5.41) is 19.3. The van der Waals surface area contributed by atoms with E-state index in [4.69, 9.17) is 0 Å². The van der Waals surface area contributed by atoms with Gasteiger partial charge in [-0.1, -0.05) is 42.5 Å². The molecule has 0 bridgehead atoms. The van der Waals surface area contributed by atoms with E-state index < -0.39 is 17.4 Å². The number of fused-ring (bicyclic) bond motifs is 1. The van der Waals surface area contributed by atoms with E-state index in [1.807, 2.05) is 42.5 Å². The van der Waals surface area contributed by atoms with E-state index in [1.165, 1.54) is 13.0 Å². The molecule has 5 nitrogen and oxygen atoms in total. The molecule has 1 aromatic heterocycles. The van der Waals surface area contributed by atoms with Crippen LogP contribution < -0.4 is 0 Å². The highest BCUT2D eigenvalue weighted by atomic mass is 16.4. The van der Waals surface area contributed by atoms with Gasteiger partial charge >= 0.3 is 11.9 Å². The molecule has 24 heavy (non-hydrogen) atoms. The van der Waals surface area contributed by atoms with Crippen molar-refractivity contribution < 1.29 is 19.8 Å². The Morgan fingerprint density at radius 1 is 0.917 bits per heavy atom. The maximum absolute atomic E-state index is 11.4. The third-order valence-corrected chi connectivity index (χ3v) is 4.19. The average molecular weight is 321 g/mol. The van der Waals surface area contributed by atoms with Gasteiger partial charge in [-0.3, -0.25) is 9.59 Å². The van der Waals surface area contributed by atoms with Gasteiger partial charge in [-0.05, 0) is 30.7 Å². The molecule has 0 atom stereocenters. The van der Waals surface area contributed by atoms with Crippen LogP contribution in [0.4, 0.5) is 0 Å². The van der Waals surface area contributed by atoms with E-state index in [0.717, 1.165) is 11.3 Å². The lowest BCUT2D eigenvalue weighted by molar-refractivity contribution is -0.156. The maximum Gasteiger partial charge on any atom is 0.325 e. The largest absolute Gasteiger partial charge is 0.480 e. The van der Waals surface area contributed by atoms with Crippen LogP contribution >= 0.6 is 0 Å². The molecule has 0 spiro atoms. The minimum absolute atomic E-state index is 0.212. The fourth-order valence-corrected chi connectivity index (χ4v) is 2.54. The summed E-state index contributed by atoms with van der Waals surface area (Å²) in [7, 11) is 0. The molecule has 2 N–H and O–H groups in total. The topological polar surface area (TPSA) is 87.5 Å². The Balaban J connectivity index is 2.11. The average Bonchev–Trinajstić information content (AvgIpc) is 2.60. The molecule has 3 rings (SSSR count). The lowest BCUT2D eigenvalue weighted by atomic mass is 9.82. The molecule has 0 saturated heterocycles. The smallest absolute Gasteiger partial charge is 0.325 e. The minimum atomic E-state index is -1.99. The summed E-state index contributed by atoms with van der Waals surface area (Å²) in [5.41, 5.74) is 0.675. The summed E-state index contributed by atoms with van der Waals surface area (Å²) in [6, 6.07) is 18.1. The number of aliphatic carboxylic acids is 2. The Morgan fingerprint density at radius 2 is 1.58 bits per heavy atom. The Labute approximate surface area is 138 Å². The molecule has 0 radical (unpaired) electrons. The van der Waals surface area contributed by atoms with Gasteiger partial charge in [-0.25, -0.2) is 4.98 Å². The van der Waals surface area contributed by atoms with E-state index in [1.54, 1.807) is 12.1 Å². The zero-order valence-electron chi connectivity index (χ0n) is 12.9. The number of carboxylic acids is 2. The van der Waals surface area contributed by atoms with Crippen LogP contribution in [-0.4, -0.2) is 27.1 Å². The van der Waals surface area contributed by atoms with Gasteiger partial charge in [-0.15, -0.1) is 0 Å². The zero-order chi connectivity index (χ0) is 17.3. The lowest BCUT2D eigenvalue weighted by Gasteiger charge is -2.20. The van der Waals surface area contributed by atoms with Crippen molar-refractivity contribution in [3.63, 3.8) is 0 Å². The molecule has 0 amide bonds. The van der Waals surface area contributed by atoms with Crippen molar-refractivity contribution in [2.24, 2.45) is 0 Å². The van der Waals surface area contributed by atoms with Crippen LogP contribution in [0.2, 0.25) is 0 Å². The fourth-order valence-electron chi connectivity index (χ4n) is 2.54. The standard InChI is InChI=1S/C19H15NO4/c1-19(17(21)22,18(23)24)14-8-10-16-13(11-14)7-9-15(20-16)12-5-3-2-4-6-12/h2-11H,1H3,(H,21,22)(H,23,24). The monoisotopic (exact) mass is 321 g/mol. The van der Waals surface area contributed by atoms with Gasteiger partial charge in [-0.2, -0.15) is 0 Å². The second-order valence-corrected chi connectivity index (χ2v) is 5.71. The van der Waals surface area contributed by atoms with Crippen LogP contribution in [0, 0.1) is 0 Å². The Kier molecular flexibility index (Phi) is 3.77. The first kappa shape index (κ1) is 15.7. The normalized spacial score (nSPS) is 11.4. The van der Waals surface area contributed by atoms with Gasteiger partial charge in [0.25, 0.3) is 0 Å². The van der Waals surface area contributed by atoms with Gasteiger partial charge in [0.05, 0.1) is 11.2 Å². The number of hydrogen-bond donors (Lipinski definition) is 2. The summed E-state index contributed by atoms with van der Waals surface area (Å²) in [5.74, 6) is -2.80. The minimum Gasteiger partial charge on any atom is -0.480 e.